The van der Waals surface area contributed by atoms with Gasteiger partial charge in [-0.05, 0) is 48.0 Å². The lowest BCUT2D eigenvalue weighted by molar-refractivity contribution is -0.146. The first-order valence-corrected chi connectivity index (χ1v) is 7.55. The van der Waals surface area contributed by atoms with Crippen LogP contribution >= 0.6 is 27.3 Å². The fourth-order valence-corrected chi connectivity index (χ4v) is 3.27. The van der Waals surface area contributed by atoms with Gasteiger partial charge in [0.2, 0.25) is 11.8 Å². The third-order valence-corrected chi connectivity index (χ3v) is 4.69. The van der Waals surface area contributed by atoms with Crippen LogP contribution in [0.3, 0.4) is 0 Å². The van der Waals surface area contributed by atoms with Crippen LogP contribution in [0.1, 0.15) is 18.7 Å². The molecule has 1 saturated heterocycles. The first kappa shape index (κ1) is 14.3. The highest BCUT2D eigenvalue weighted by atomic mass is 79.9. The van der Waals surface area contributed by atoms with Crippen LogP contribution in [0.2, 0.25) is 0 Å². The number of thiophene rings is 1. The summed E-state index contributed by atoms with van der Waals surface area (Å²) in [6.45, 7) is 4.56. The lowest BCUT2D eigenvalue weighted by Crippen LogP contribution is -2.63. The fourth-order valence-electron chi connectivity index (χ4n) is 1.95. The standard InChI is InChI=1S/C13H15BrN2O2S/c1-13(2)12(18)15-7-8-16(13)11(17)6-4-9-3-5-10(14)19-9/h3-6H,7-8H2,1-2H3,(H,15,18). The highest BCUT2D eigenvalue weighted by Gasteiger charge is 2.39. The van der Waals surface area contributed by atoms with Crippen LogP contribution in [0.5, 0.6) is 0 Å². The van der Waals surface area contributed by atoms with Crippen LogP contribution in [-0.4, -0.2) is 35.3 Å². The molecule has 19 heavy (non-hydrogen) atoms. The number of carbonyl (C=O) groups is 2. The summed E-state index contributed by atoms with van der Waals surface area (Å²) in [5.41, 5.74) is -0.796. The number of piperazine rings is 1. The zero-order valence-corrected chi connectivity index (χ0v) is 13.2. The van der Waals surface area contributed by atoms with Gasteiger partial charge in [0.1, 0.15) is 5.54 Å². The Hall–Kier alpha value is -1.14. The molecule has 2 heterocycles. The van der Waals surface area contributed by atoms with Gasteiger partial charge < -0.3 is 10.2 Å². The third-order valence-electron chi connectivity index (χ3n) is 3.10. The fraction of sp³-hybridized carbons (Fsp3) is 0.385. The molecule has 0 radical (unpaired) electrons. The highest BCUT2D eigenvalue weighted by molar-refractivity contribution is 9.11. The summed E-state index contributed by atoms with van der Waals surface area (Å²) in [4.78, 5) is 26.6. The van der Waals surface area contributed by atoms with Crippen molar-refractivity contribution in [3.63, 3.8) is 0 Å². The smallest absolute Gasteiger partial charge is 0.247 e. The second-order valence-electron chi connectivity index (χ2n) is 4.78. The Kier molecular flexibility index (Phi) is 4.10. The molecule has 102 valence electrons. The number of amides is 2. The molecule has 1 fully saturated rings. The monoisotopic (exact) mass is 342 g/mol. The van der Waals surface area contributed by atoms with Gasteiger partial charge in [-0.2, -0.15) is 0 Å². The maximum absolute atomic E-state index is 12.2. The van der Waals surface area contributed by atoms with E-state index in [0.29, 0.717) is 13.1 Å². The minimum absolute atomic E-state index is 0.112. The molecule has 1 aromatic heterocycles. The van der Waals surface area contributed by atoms with E-state index < -0.39 is 5.54 Å². The molecule has 1 aromatic rings. The van der Waals surface area contributed by atoms with E-state index in [0.717, 1.165) is 8.66 Å². The summed E-state index contributed by atoms with van der Waals surface area (Å²) in [5, 5.41) is 2.77. The van der Waals surface area contributed by atoms with Gasteiger partial charge in [-0.3, -0.25) is 9.59 Å². The van der Waals surface area contributed by atoms with Crippen LogP contribution < -0.4 is 5.32 Å². The zero-order chi connectivity index (χ0) is 14.0. The second kappa shape index (κ2) is 5.46. The summed E-state index contributed by atoms with van der Waals surface area (Å²) >= 11 is 4.93. The van der Waals surface area contributed by atoms with Gasteiger partial charge in [-0.25, -0.2) is 0 Å². The average molecular weight is 343 g/mol. The molecule has 2 rings (SSSR count). The van der Waals surface area contributed by atoms with E-state index in [2.05, 4.69) is 21.2 Å². The van der Waals surface area contributed by atoms with Crippen molar-refractivity contribution < 1.29 is 9.59 Å². The number of nitrogens with one attached hydrogen (secondary N) is 1. The normalized spacial score (nSPS) is 18.7. The molecule has 1 aliphatic heterocycles. The van der Waals surface area contributed by atoms with Gasteiger partial charge in [0.15, 0.2) is 0 Å². The number of hydrogen-bond donors (Lipinski definition) is 1. The molecular weight excluding hydrogens is 328 g/mol. The number of nitrogens with zero attached hydrogens (tertiary/aromatic N) is 1. The largest absolute Gasteiger partial charge is 0.352 e. The van der Waals surface area contributed by atoms with Crippen molar-refractivity contribution in [1.82, 2.24) is 10.2 Å². The van der Waals surface area contributed by atoms with Crippen LogP contribution in [0, 0.1) is 0 Å². The van der Waals surface area contributed by atoms with Gasteiger partial charge in [0, 0.05) is 24.0 Å². The first-order chi connectivity index (χ1) is 8.91. The van der Waals surface area contributed by atoms with E-state index in [1.807, 2.05) is 12.1 Å². The van der Waals surface area contributed by atoms with E-state index >= 15 is 0 Å². The van der Waals surface area contributed by atoms with E-state index in [4.69, 9.17) is 0 Å². The van der Waals surface area contributed by atoms with E-state index in [-0.39, 0.29) is 11.8 Å². The average Bonchev–Trinajstić information content (AvgIpc) is 2.75. The van der Waals surface area contributed by atoms with Crippen molar-refractivity contribution in [3.05, 3.63) is 26.9 Å². The number of hydrogen-bond acceptors (Lipinski definition) is 3. The summed E-state index contributed by atoms with van der Waals surface area (Å²) in [6.07, 6.45) is 3.30. The predicted molar refractivity (Wildman–Crippen MR) is 79.9 cm³/mol. The Morgan fingerprint density at radius 3 is 2.89 bits per heavy atom. The number of rotatable bonds is 2. The quantitative estimate of drug-likeness (QED) is 0.838. The van der Waals surface area contributed by atoms with E-state index in [1.165, 1.54) is 6.08 Å². The first-order valence-electron chi connectivity index (χ1n) is 5.94. The predicted octanol–water partition coefficient (Wildman–Crippen LogP) is 2.26. The molecule has 0 unspecified atom stereocenters. The molecule has 1 N–H and O–H groups in total. The van der Waals surface area contributed by atoms with Gasteiger partial charge in [0.25, 0.3) is 0 Å². The lowest BCUT2D eigenvalue weighted by atomic mass is 9.99. The van der Waals surface area contributed by atoms with Crippen molar-refractivity contribution in [2.75, 3.05) is 13.1 Å². The van der Waals surface area contributed by atoms with Crippen molar-refractivity contribution in [2.24, 2.45) is 0 Å². The third kappa shape index (κ3) is 3.06. The highest BCUT2D eigenvalue weighted by Crippen LogP contribution is 2.23. The molecule has 0 atom stereocenters. The Balaban J connectivity index is 2.11. The van der Waals surface area contributed by atoms with Gasteiger partial charge in [-0.1, -0.05) is 0 Å². The number of carbonyl (C=O) groups excluding carboxylic acids is 2. The Bertz CT molecular complexity index is 537. The zero-order valence-electron chi connectivity index (χ0n) is 10.8. The topological polar surface area (TPSA) is 49.4 Å². The maximum atomic E-state index is 12.2. The minimum atomic E-state index is -0.796. The maximum Gasteiger partial charge on any atom is 0.247 e. The summed E-state index contributed by atoms with van der Waals surface area (Å²) in [5.74, 6) is -0.247. The molecule has 0 bridgehead atoms. The molecule has 0 aromatic carbocycles. The van der Waals surface area contributed by atoms with Crippen LogP contribution in [0.4, 0.5) is 0 Å². The van der Waals surface area contributed by atoms with E-state index in [9.17, 15) is 9.59 Å². The molecule has 0 saturated carbocycles. The SMILES string of the molecule is CC1(C)C(=O)NCCN1C(=O)C=Cc1ccc(Br)s1. The molecule has 0 spiro atoms. The molecule has 2 amide bonds. The number of halogens is 1. The Labute approximate surface area is 124 Å². The molecule has 1 aliphatic rings. The van der Waals surface area contributed by atoms with Gasteiger partial charge in [-0.15, -0.1) is 11.3 Å². The lowest BCUT2D eigenvalue weighted by Gasteiger charge is -2.40. The van der Waals surface area contributed by atoms with E-state index in [1.54, 1.807) is 36.2 Å². The van der Waals surface area contributed by atoms with Crippen LogP contribution in [0.15, 0.2) is 22.0 Å². The van der Waals surface area contributed by atoms with Gasteiger partial charge >= 0.3 is 0 Å². The summed E-state index contributed by atoms with van der Waals surface area (Å²) < 4.78 is 1.03. The summed E-state index contributed by atoms with van der Waals surface area (Å²) in [6, 6.07) is 3.87. The van der Waals surface area contributed by atoms with Gasteiger partial charge in [0.05, 0.1) is 3.79 Å². The van der Waals surface area contributed by atoms with Crippen molar-refractivity contribution in [2.45, 2.75) is 19.4 Å². The molecule has 0 aliphatic carbocycles. The molecule has 4 nitrogen and oxygen atoms in total. The van der Waals surface area contributed by atoms with Crippen LogP contribution in [-0.2, 0) is 9.59 Å². The van der Waals surface area contributed by atoms with Crippen molar-refractivity contribution in [3.8, 4) is 0 Å². The second-order valence-corrected chi connectivity index (χ2v) is 7.27. The molecular formula is C13H15BrN2O2S. The van der Waals surface area contributed by atoms with Crippen LogP contribution in [0.25, 0.3) is 6.08 Å². The Morgan fingerprint density at radius 1 is 1.53 bits per heavy atom. The van der Waals surface area contributed by atoms with Crippen molar-refractivity contribution >= 4 is 45.2 Å². The van der Waals surface area contributed by atoms with Crippen molar-refractivity contribution in [1.29, 1.82) is 0 Å². The summed E-state index contributed by atoms with van der Waals surface area (Å²) in [7, 11) is 0. The Morgan fingerprint density at radius 2 is 2.26 bits per heavy atom. The molecule has 6 heteroatoms. The minimum Gasteiger partial charge on any atom is -0.352 e.